The molecule has 0 saturated carbocycles. The van der Waals surface area contributed by atoms with Crippen LogP contribution >= 0.6 is 0 Å². The maximum absolute atomic E-state index is 5.31. The molecule has 2 N–H and O–H groups in total. The van der Waals surface area contributed by atoms with Crippen molar-refractivity contribution >= 4 is 5.96 Å². The fourth-order valence-corrected chi connectivity index (χ4v) is 3.62. The molecule has 6 nitrogen and oxygen atoms in total. The Kier molecular flexibility index (Phi) is 9.42. The van der Waals surface area contributed by atoms with Crippen molar-refractivity contribution in [3.8, 4) is 5.75 Å². The van der Waals surface area contributed by atoms with Crippen LogP contribution < -0.4 is 15.4 Å². The van der Waals surface area contributed by atoms with Crippen LogP contribution in [-0.4, -0.2) is 75.7 Å². The quantitative estimate of drug-likeness (QED) is 0.486. The molecular weight excluding hydrogens is 338 g/mol. The maximum atomic E-state index is 5.31. The number of benzene rings is 1. The van der Waals surface area contributed by atoms with Crippen molar-refractivity contribution in [1.82, 2.24) is 20.4 Å². The van der Waals surface area contributed by atoms with E-state index in [2.05, 4.69) is 63.5 Å². The molecule has 1 saturated heterocycles. The molecule has 1 unspecified atom stereocenters. The topological polar surface area (TPSA) is 52.1 Å². The highest BCUT2D eigenvalue weighted by Crippen LogP contribution is 2.26. The molecule has 2 rings (SSSR count). The first-order chi connectivity index (χ1) is 13.2. The molecule has 1 aromatic carbocycles. The lowest BCUT2D eigenvalue weighted by molar-refractivity contribution is 0.245. The lowest BCUT2D eigenvalue weighted by Gasteiger charge is -2.29. The van der Waals surface area contributed by atoms with Crippen molar-refractivity contribution in [3.63, 3.8) is 0 Å². The molecule has 27 heavy (non-hydrogen) atoms. The van der Waals surface area contributed by atoms with Crippen LogP contribution in [0.15, 0.2) is 29.3 Å². The standard InChI is InChI=1S/C21H37N5O/c1-5-25(6-2)16-13-23-21(22-3)24-17-20(26-14-7-8-15-26)18-9-11-19(27-4)12-10-18/h9-12,20H,5-8,13-17H2,1-4H3,(H2,22,23,24). The van der Waals surface area contributed by atoms with E-state index in [1.165, 1.54) is 18.4 Å². The number of nitrogens with one attached hydrogen (secondary N) is 2. The van der Waals surface area contributed by atoms with E-state index in [-0.39, 0.29) is 0 Å². The zero-order valence-corrected chi connectivity index (χ0v) is 17.5. The number of rotatable bonds is 10. The van der Waals surface area contributed by atoms with Crippen LogP contribution in [0.3, 0.4) is 0 Å². The van der Waals surface area contributed by atoms with Gasteiger partial charge in [-0.3, -0.25) is 9.89 Å². The molecule has 0 spiro atoms. The molecule has 0 bridgehead atoms. The highest BCUT2D eigenvalue weighted by Gasteiger charge is 2.23. The van der Waals surface area contributed by atoms with Gasteiger partial charge in [-0.2, -0.15) is 0 Å². The Hall–Kier alpha value is -1.79. The largest absolute Gasteiger partial charge is 0.497 e. The van der Waals surface area contributed by atoms with Crippen molar-refractivity contribution in [1.29, 1.82) is 0 Å². The van der Waals surface area contributed by atoms with E-state index < -0.39 is 0 Å². The number of nitrogens with zero attached hydrogens (tertiary/aromatic N) is 3. The smallest absolute Gasteiger partial charge is 0.191 e. The lowest BCUT2D eigenvalue weighted by Crippen LogP contribution is -2.44. The number of ether oxygens (including phenoxy) is 1. The summed E-state index contributed by atoms with van der Waals surface area (Å²) < 4.78 is 5.31. The van der Waals surface area contributed by atoms with E-state index in [4.69, 9.17) is 4.74 Å². The molecule has 1 atom stereocenters. The van der Waals surface area contributed by atoms with Gasteiger partial charge in [-0.1, -0.05) is 26.0 Å². The first-order valence-electron chi connectivity index (χ1n) is 10.3. The molecule has 1 aliphatic rings. The Labute approximate surface area is 165 Å². The van der Waals surface area contributed by atoms with Crippen LogP contribution in [0.2, 0.25) is 0 Å². The summed E-state index contributed by atoms with van der Waals surface area (Å²) in [6.45, 7) is 11.7. The van der Waals surface area contributed by atoms with Crippen LogP contribution in [0, 0.1) is 0 Å². The van der Waals surface area contributed by atoms with Crippen LogP contribution in [0.1, 0.15) is 38.3 Å². The van der Waals surface area contributed by atoms with Gasteiger partial charge in [-0.15, -0.1) is 0 Å². The summed E-state index contributed by atoms with van der Waals surface area (Å²) in [7, 11) is 3.55. The second-order valence-electron chi connectivity index (χ2n) is 6.94. The highest BCUT2D eigenvalue weighted by molar-refractivity contribution is 5.79. The lowest BCUT2D eigenvalue weighted by atomic mass is 10.1. The third-order valence-electron chi connectivity index (χ3n) is 5.38. The van der Waals surface area contributed by atoms with Crippen molar-refractivity contribution in [2.24, 2.45) is 4.99 Å². The number of methoxy groups -OCH3 is 1. The van der Waals surface area contributed by atoms with E-state index in [1.807, 2.05) is 7.05 Å². The number of hydrogen-bond donors (Lipinski definition) is 2. The summed E-state index contributed by atoms with van der Waals surface area (Å²) in [5.41, 5.74) is 1.32. The number of likely N-dealkylation sites (tertiary alicyclic amines) is 1. The molecule has 0 aromatic heterocycles. The van der Waals surface area contributed by atoms with Crippen molar-refractivity contribution in [2.45, 2.75) is 32.7 Å². The molecule has 0 aliphatic carbocycles. The van der Waals surface area contributed by atoms with E-state index in [0.717, 1.165) is 57.5 Å². The highest BCUT2D eigenvalue weighted by atomic mass is 16.5. The van der Waals surface area contributed by atoms with Crippen molar-refractivity contribution in [2.75, 3.05) is 60.0 Å². The number of aliphatic imine (C=N–C) groups is 1. The Morgan fingerprint density at radius 2 is 1.81 bits per heavy atom. The van der Waals surface area contributed by atoms with E-state index in [9.17, 15) is 0 Å². The van der Waals surface area contributed by atoms with Gasteiger partial charge in [0.25, 0.3) is 0 Å². The van der Waals surface area contributed by atoms with Crippen LogP contribution in [0.25, 0.3) is 0 Å². The minimum Gasteiger partial charge on any atom is -0.497 e. The van der Waals surface area contributed by atoms with Gasteiger partial charge in [-0.25, -0.2) is 0 Å². The average Bonchev–Trinajstić information content (AvgIpc) is 3.24. The zero-order chi connectivity index (χ0) is 19.5. The summed E-state index contributed by atoms with van der Waals surface area (Å²) in [5.74, 6) is 1.78. The molecule has 6 heteroatoms. The normalized spacial score (nSPS) is 16.6. The predicted molar refractivity (Wildman–Crippen MR) is 114 cm³/mol. The fraction of sp³-hybridized carbons (Fsp3) is 0.667. The second kappa shape index (κ2) is 11.8. The number of hydrogen-bond acceptors (Lipinski definition) is 4. The van der Waals surface area contributed by atoms with Gasteiger partial charge in [0.2, 0.25) is 0 Å². The molecule has 152 valence electrons. The number of likely N-dealkylation sites (N-methyl/N-ethyl adjacent to an activating group) is 1. The molecule has 1 heterocycles. The molecule has 0 amide bonds. The Bertz CT molecular complexity index is 550. The van der Waals surface area contributed by atoms with E-state index in [0.29, 0.717) is 6.04 Å². The zero-order valence-electron chi connectivity index (χ0n) is 17.5. The van der Waals surface area contributed by atoms with Crippen molar-refractivity contribution < 1.29 is 4.74 Å². The van der Waals surface area contributed by atoms with Gasteiger partial charge in [0.05, 0.1) is 13.2 Å². The van der Waals surface area contributed by atoms with Gasteiger partial charge in [0.15, 0.2) is 5.96 Å². The van der Waals surface area contributed by atoms with E-state index >= 15 is 0 Å². The summed E-state index contributed by atoms with van der Waals surface area (Å²) in [4.78, 5) is 9.37. The summed E-state index contributed by atoms with van der Waals surface area (Å²) in [5, 5.41) is 6.97. The summed E-state index contributed by atoms with van der Waals surface area (Å²) >= 11 is 0. The van der Waals surface area contributed by atoms with Crippen molar-refractivity contribution in [3.05, 3.63) is 29.8 Å². The second-order valence-corrected chi connectivity index (χ2v) is 6.94. The summed E-state index contributed by atoms with van der Waals surface area (Å²) in [6.07, 6.45) is 2.56. The van der Waals surface area contributed by atoms with Gasteiger partial charge >= 0.3 is 0 Å². The van der Waals surface area contributed by atoms with Gasteiger partial charge in [0, 0.05) is 26.7 Å². The molecular formula is C21H37N5O. The number of guanidine groups is 1. The molecule has 1 aliphatic heterocycles. The monoisotopic (exact) mass is 375 g/mol. The molecule has 0 radical (unpaired) electrons. The first-order valence-corrected chi connectivity index (χ1v) is 10.3. The minimum atomic E-state index is 0.347. The first kappa shape index (κ1) is 21.5. The Morgan fingerprint density at radius 3 is 2.37 bits per heavy atom. The SMILES string of the molecule is CCN(CC)CCNC(=NC)NCC(c1ccc(OC)cc1)N1CCCC1. The predicted octanol–water partition coefficient (Wildman–Crippen LogP) is 2.34. The van der Waals surface area contributed by atoms with Crippen LogP contribution in [0.5, 0.6) is 5.75 Å². The molecule has 1 fully saturated rings. The van der Waals surface area contributed by atoms with Gasteiger partial charge in [0.1, 0.15) is 5.75 Å². The fourth-order valence-electron chi connectivity index (χ4n) is 3.62. The minimum absolute atomic E-state index is 0.347. The molecule has 1 aromatic rings. The summed E-state index contributed by atoms with van der Waals surface area (Å²) in [6, 6.07) is 8.81. The van der Waals surface area contributed by atoms with Gasteiger partial charge in [-0.05, 0) is 56.7 Å². The van der Waals surface area contributed by atoms with E-state index in [1.54, 1.807) is 7.11 Å². The van der Waals surface area contributed by atoms with Crippen LogP contribution in [0.4, 0.5) is 0 Å². The average molecular weight is 376 g/mol. The third kappa shape index (κ3) is 6.70. The Morgan fingerprint density at radius 1 is 1.15 bits per heavy atom. The maximum Gasteiger partial charge on any atom is 0.191 e. The van der Waals surface area contributed by atoms with Crippen LogP contribution in [-0.2, 0) is 0 Å². The third-order valence-corrected chi connectivity index (χ3v) is 5.38. The van der Waals surface area contributed by atoms with Gasteiger partial charge < -0.3 is 20.3 Å². The Balaban J connectivity index is 1.93.